The Morgan fingerprint density at radius 3 is 2.21 bits per heavy atom. The van der Waals surface area contributed by atoms with Crippen LogP contribution < -0.4 is 11.2 Å². The highest BCUT2D eigenvalue weighted by atomic mass is 16.2. The number of carbonyl (C=O) groups is 2. The normalized spacial score (nSPS) is 12.8. The van der Waals surface area contributed by atoms with Crippen molar-refractivity contribution in [3.63, 3.8) is 0 Å². The molecule has 1 aromatic carbocycles. The van der Waals surface area contributed by atoms with E-state index in [-0.39, 0.29) is 30.5 Å². The number of nitrogens with zero attached hydrogens (tertiary/aromatic N) is 2. The van der Waals surface area contributed by atoms with Gasteiger partial charge in [-0.3, -0.25) is 28.8 Å². The Bertz CT molecular complexity index is 1180. The number of carbonyl (C=O) groups excluding carboxylic acids is 2. The van der Waals surface area contributed by atoms with Gasteiger partial charge in [0.25, 0.3) is 17.4 Å². The molecule has 1 aromatic heterocycles. The van der Waals surface area contributed by atoms with Crippen molar-refractivity contribution < 1.29 is 9.59 Å². The minimum Gasteiger partial charge on any atom is -0.296 e. The van der Waals surface area contributed by atoms with Gasteiger partial charge in [-0.2, -0.15) is 0 Å². The molecular formula is C26H29N3O4. The summed E-state index contributed by atoms with van der Waals surface area (Å²) >= 11 is 0. The van der Waals surface area contributed by atoms with E-state index in [9.17, 15) is 19.2 Å². The van der Waals surface area contributed by atoms with Crippen molar-refractivity contribution in [3.8, 4) is 11.8 Å². The molecule has 3 rings (SSSR count). The van der Waals surface area contributed by atoms with Gasteiger partial charge in [0, 0.05) is 25.7 Å². The van der Waals surface area contributed by atoms with Crippen LogP contribution in [0.3, 0.4) is 0 Å². The minimum atomic E-state index is -0.535. The molecular weight excluding hydrogens is 418 g/mol. The van der Waals surface area contributed by atoms with Gasteiger partial charge in [0.2, 0.25) is 0 Å². The molecule has 0 atom stereocenters. The van der Waals surface area contributed by atoms with Crippen LogP contribution in [-0.4, -0.2) is 32.8 Å². The average Bonchev–Trinajstić information content (AvgIpc) is 3.05. The first-order valence-corrected chi connectivity index (χ1v) is 11.5. The van der Waals surface area contributed by atoms with Gasteiger partial charge in [-0.1, -0.05) is 75.2 Å². The van der Waals surface area contributed by atoms with Crippen molar-refractivity contribution in [2.45, 2.75) is 58.4 Å². The average molecular weight is 448 g/mol. The monoisotopic (exact) mass is 447 g/mol. The number of imide groups is 1. The molecule has 2 aromatic rings. The largest absolute Gasteiger partial charge is 0.328 e. The molecule has 7 heteroatoms. The molecule has 33 heavy (non-hydrogen) atoms. The molecule has 1 aliphatic rings. The predicted molar refractivity (Wildman–Crippen MR) is 127 cm³/mol. The summed E-state index contributed by atoms with van der Waals surface area (Å²) in [4.78, 5) is 52.4. The van der Waals surface area contributed by atoms with E-state index in [0.29, 0.717) is 17.5 Å². The van der Waals surface area contributed by atoms with E-state index in [0.717, 1.165) is 17.7 Å². The van der Waals surface area contributed by atoms with Gasteiger partial charge in [0.05, 0.1) is 11.1 Å². The number of unbranched alkanes of at least 4 members (excludes halogenated alkanes) is 6. The zero-order valence-electron chi connectivity index (χ0n) is 18.9. The van der Waals surface area contributed by atoms with Gasteiger partial charge in [0.15, 0.2) is 0 Å². The third-order valence-electron chi connectivity index (χ3n) is 5.52. The quantitative estimate of drug-likeness (QED) is 0.261. The smallest absolute Gasteiger partial charge is 0.296 e. The first-order chi connectivity index (χ1) is 16.0. The second-order valence-corrected chi connectivity index (χ2v) is 8.01. The number of allylic oxidation sites excluding steroid dienone is 1. The van der Waals surface area contributed by atoms with E-state index in [2.05, 4.69) is 23.7 Å². The van der Waals surface area contributed by atoms with Crippen LogP contribution in [0.15, 0.2) is 52.2 Å². The molecule has 7 nitrogen and oxygen atoms in total. The van der Waals surface area contributed by atoms with E-state index in [1.165, 1.54) is 36.4 Å². The molecule has 0 unspecified atom stereocenters. The minimum absolute atomic E-state index is 0.107. The molecule has 2 amide bonds. The number of hydrogen-bond donors (Lipinski definition) is 1. The Kier molecular flexibility index (Phi) is 8.59. The van der Waals surface area contributed by atoms with Gasteiger partial charge in [-0.05, 0) is 18.6 Å². The van der Waals surface area contributed by atoms with Crippen LogP contribution in [0.25, 0.3) is 0 Å². The van der Waals surface area contributed by atoms with Crippen LogP contribution in [0.1, 0.15) is 78.1 Å². The molecule has 1 N–H and O–H groups in total. The third-order valence-corrected chi connectivity index (χ3v) is 5.52. The summed E-state index contributed by atoms with van der Waals surface area (Å²) in [6.07, 6.45) is 12.5. The summed E-state index contributed by atoms with van der Waals surface area (Å²) in [5, 5.41) is 0. The Morgan fingerprint density at radius 1 is 0.879 bits per heavy atom. The maximum absolute atomic E-state index is 12.4. The molecule has 0 saturated carbocycles. The van der Waals surface area contributed by atoms with Gasteiger partial charge in [-0.25, -0.2) is 4.79 Å². The highest BCUT2D eigenvalue weighted by Crippen LogP contribution is 2.22. The van der Waals surface area contributed by atoms with Gasteiger partial charge < -0.3 is 0 Å². The molecule has 2 heterocycles. The molecule has 172 valence electrons. The lowest BCUT2D eigenvalue weighted by Gasteiger charge is -2.10. The molecule has 0 bridgehead atoms. The van der Waals surface area contributed by atoms with Crippen molar-refractivity contribution in [3.05, 3.63) is 80.1 Å². The second kappa shape index (κ2) is 11.8. The number of amides is 2. The van der Waals surface area contributed by atoms with Crippen molar-refractivity contribution in [2.24, 2.45) is 0 Å². The highest BCUT2D eigenvalue weighted by molar-refractivity contribution is 6.21. The summed E-state index contributed by atoms with van der Waals surface area (Å²) < 4.78 is 1.34. The fourth-order valence-corrected chi connectivity index (χ4v) is 3.66. The number of hydrogen-bond acceptors (Lipinski definition) is 4. The molecule has 0 fully saturated rings. The lowest BCUT2D eigenvalue weighted by molar-refractivity contribution is 0.0672. The Hall–Kier alpha value is -3.66. The third kappa shape index (κ3) is 6.19. The van der Waals surface area contributed by atoms with E-state index < -0.39 is 11.2 Å². The van der Waals surface area contributed by atoms with E-state index in [1.54, 1.807) is 36.4 Å². The zero-order chi connectivity index (χ0) is 23.6. The summed E-state index contributed by atoms with van der Waals surface area (Å²) in [7, 11) is 0. The number of aromatic amines is 1. The number of nitrogens with one attached hydrogen (secondary N) is 1. The number of fused-ring (bicyclic) bond motifs is 1. The Morgan fingerprint density at radius 2 is 1.52 bits per heavy atom. The van der Waals surface area contributed by atoms with Crippen LogP contribution in [0.2, 0.25) is 0 Å². The molecule has 0 saturated heterocycles. The zero-order valence-corrected chi connectivity index (χ0v) is 18.9. The van der Waals surface area contributed by atoms with Crippen molar-refractivity contribution >= 4 is 11.8 Å². The Labute approximate surface area is 193 Å². The second-order valence-electron chi connectivity index (χ2n) is 8.01. The molecule has 1 aliphatic heterocycles. The molecule has 0 spiro atoms. The maximum atomic E-state index is 12.4. The number of H-pyrrole nitrogens is 1. The summed E-state index contributed by atoms with van der Waals surface area (Å²) in [5.41, 5.74) is 0.0109. The number of rotatable bonds is 10. The molecule has 0 radical (unpaired) electrons. The van der Waals surface area contributed by atoms with Crippen molar-refractivity contribution in [1.29, 1.82) is 0 Å². The number of aromatic nitrogens is 2. The fraction of sp³-hybridized carbons (Fsp3) is 0.385. The van der Waals surface area contributed by atoms with Gasteiger partial charge in [0.1, 0.15) is 5.56 Å². The van der Waals surface area contributed by atoms with Crippen LogP contribution in [0.4, 0.5) is 0 Å². The lowest BCUT2D eigenvalue weighted by Crippen LogP contribution is -2.31. The Balaban J connectivity index is 1.55. The summed E-state index contributed by atoms with van der Waals surface area (Å²) in [5.74, 6) is 5.22. The lowest BCUT2D eigenvalue weighted by atomic mass is 10.1. The fourth-order valence-electron chi connectivity index (χ4n) is 3.66. The summed E-state index contributed by atoms with van der Waals surface area (Å²) in [6, 6.07) is 6.71. The van der Waals surface area contributed by atoms with Gasteiger partial charge in [-0.15, -0.1) is 0 Å². The first kappa shape index (κ1) is 24.0. The SMILES string of the molecule is CCCCCCCCC#Cc1cn(C/C=C\CN2C(=O)c3ccccc3C2=O)c(=O)[nH]c1=O. The number of benzene rings is 1. The van der Waals surface area contributed by atoms with E-state index in [1.807, 2.05) is 0 Å². The van der Waals surface area contributed by atoms with Crippen LogP contribution >= 0.6 is 0 Å². The van der Waals surface area contributed by atoms with Gasteiger partial charge >= 0.3 is 5.69 Å². The summed E-state index contributed by atoms with van der Waals surface area (Å²) in [6.45, 7) is 2.48. The predicted octanol–water partition coefficient (Wildman–Crippen LogP) is 3.49. The van der Waals surface area contributed by atoms with Crippen LogP contribution in [-0.2, 0) is 6.54 Å². The van der Waals surface area contributed by atoms with Crippen LogP contribution in [0, 0.1) is 11.8 Å². The maximum Gasteiger partial charge on any atom is 0.328 e. The molecule has 0 aliphatic carbocycles. The highest BCUT2D eigenvalue weighted by Gasteiger charge is 2.33. The van der Waals surface area contributed by atoms with E-state index in [4.69, 9.17) is 0 Å². The first-order valence-electron chi connectivity index (χ1n) is 11.5. The van der Waals surface area contributed by atoms with Crippen molar-refractivity contribution in [2.75, 3.05) is 6.54 Å². The van der Waals surface area contributed by atoms with E-state index >= 15 is 0 Å². The van der Waals surface area contributed by atoms with Crippen LogP contribution in [0.5, 0.6) is 0 Å². The van der Waals surface area contributed by atoms with Crippen molar-refractivity contribution in [1.82, 2.24) is 14.5 Å². The standard InChI is InChI=1S/C26H29N3O4/c1-2-3-4-5-6-7-8-9-14-20-19-28(26(33)27-23(20)30)17-12-13-18-29-24(31)21-15-10-11-16-22(21)25(29)32/h10-13,15-16,19H,2-8,17-18H2,1H3,(H,27,30,33)/b13-12-. The topological polar surface area (TPSA) is 92.2 Å².